The smallest absolute Gasteiger partial charge is 0.169 e. The van der Waals surface area contributed by atoms with E-state index in [1.807, 2.05) is 45.9 Å². The van der Waals surface area contributed by atoms with Crippen LogP contribution in [-0.2, 0) is 21.3 Å². The summed E-state index contributed by atoms with van der Waals surface area (Å²) in [5, 5.41) is 11.8. The van der Waals surface area contributed by atoms with Gasteiger partial charge in [-0.25, -0.2) is 0 Å². The lowest BCUT2D eigenvalue weighted by Crippen LogP contribution is -2.14. The summed E-state index contributed by atoms with van der Waals surface area (Å²) in [6, 6.07) is 6.03. The summed E-state index contributed by atoms with van der Waals surface area (Å²) in [6.45, 7) is 8.44. The molecule has 0 saturated heterocycles. The first kappa shape index (κ1) is 16.8. The summed E-state index contributed by atoms with van der Waals surface area (Å²) in [5.41, 5.74) is 3.13. The molecule has 0 aliphatic heterocycles. The molecule has 0 saturated carbocycles. The van der Waals surface area contributed by atoms with Gasteiger partial charge in [0.15, 0.2) is 5.82 Å². The van der Waals surface area contributed by atoms with Crippen molar-refractivity contribution in [1.29, 1.82) is 0 Å². The zero-order valence-electron chi connectivity index (χ0n) is 13.4. The third kappa shape index (κ3) is 4.20. The summed E-state index contributed by atoms with van der Waals surface area (Å²) >= 11 is 0. The quantitative estimate of drug-likeness (QED) is 0.779. The highest BCUT2D eigenvalue weighted by Gasteiger charge is 2.15. The lowest BCUT2D eigenvalue weighted by atomic mass is 10.1. The SMILES string of the molecule is Cc1cccc(C)c1-n1nnnc1CS(=O)CCOC(C)C. The molecule has 0 spiro atoms. The van der Waals surface area contributed by atoms with E-state index in [1.54, 1.807) is 4.68 Å². The molecule has 1 heterocycles. The zero-order chi connectivity index (χ0) is 16.1. The Labute approximate surface area is 133 Å². The molecule has 1 atom stereocenters. The molecule has 120 valence electrons. The largest absolute Gasteiger partial charge is 0.378 e. The molecule has 6 nitrogen and oxygen atoms in total. The van der Waals surface area contributed by atoms with Gasteiger partial charge < -0.3 is 4.74 Å². The fourth-order valence-electron chi connectivity index (χ4n) is 2.20. The third-order valence-electron chi connectivity index (χ3n) is 3.24. The number of ether oxygens (including phenoxy) is 1. The standard InChI is InChI=1S/C15H22N4O2S/c1-11(2)21-8-9-22(20)10-14-16-17-18-19(14)15-12(3)6-5-7-13(15)4/h5-7,11H,8-10H2,1-4H3. The molecule has 0 fully saturated rings. The van der Waals surface area contributed by atoms with Gasteiger partial charge in [-0.1, -0.05) is 18.2 Å². The molecule has 0 aliphatic rings. The van der Waals surface area contributed by atoms with E-state index >= 15 is 0 Å². The van der Waals surface area contributed by atoms with Crippen molar-refractivity contribution >= 4 is 10.8 Å². The molecular formula is C15H22N4O2S. The Morgan fingerprint density at radius 2 is 1.95 bits per heavy atom. The van der Waals surface area contributed by atoms with Crippen molar-refractivity contribution in [2.75, 3.05) is 12.4 Å². The number of tetrazole rings is 1. The van der Waals surface area contributed by atoms with E-state index in [0.29, 0.717) is 23.9 Å². The molecule has 1 aromatic heterocycles. The summed E-state index contributed by atoms with van der Waals surface area (Å²) in [7, 11) is -1.05. The van der Waals surface area contributed by atoms with Gasteiger partial charge in [-0.3, -0.25) is 4.21 Å². The van der Waals surface area contributed by atoms with Crippen LogP contribution in [-0.4, -0.2) is 42.9 Å². The molecule has 22 heavy (non-hydrogen) atoms. The first-order valence-electron chi connectivity index (χ1n) is 7.29. The number of benzene rings is 1. The second-order valence-electron chi connectivity index (χ2n) is 5.46. The van der Waals surface area contributed by atoms with Crippen LogP contribution in [0.5, 0.6) is 0 Å². The Balaban J connectivity index is 2.12. The first-order valence-corrected chi connectivity index (χ1v) is 8.78. The second kappa shape index (κ2) is 7.60. The second-order valence-corrected chi connectivity index (χ2v) is 7.03. The predicted molar refractivity (Wildman–Crippen MR) is 86.4 cm³/mol. The number of hydrogen-bond acceptors (Lipinski definition) is 5. The number of para-hydroxylation sites is 1. The Bertz CT molecular complexity index is 634. The van der Waals surface area contributed by atoms with Crippen LogP contribution >= 0.6 is 0 Å². The summed E-state index contributed by atoms with van der Waals surface area (Å²) in [6.07, 6.45) is 0.150. The molecule has 0 radical (unpaired) electrons. The molecule has 2 aromatic rings. The summed E-state index contributed by atoms with van der Waals surface area (Å²) in [4.78, 5) is 0. The lowest BCUT2D eigenvalue weighted by molar-refractivity contribution is 0.0916. The van der Waals surface area contributed by atoms with Gasteiger partial charge in [-0.2, -0.15) is 4.68 Å². The van der Waals surface area contributed by atoms with Gasteiger partial charge >= 0.3 is 0 Å². The molecule has 0 amide bonds. The van der Waals surface area contributed by atoms with Crippen molar-refractivity contribution in [1.82, 2.24) is 20.2 Å². The van der Waals surface area contributed by atoms with Crippen molar-refractivity contribution < 1.29 is 8.95 Å². The fraction of sp³-hybridized carbons (Fsp3) is 0.533. The van der Waals surface area contributed by atoms with Crippen molar-refractivity contribution in [3.8, 4) is 5.69 Å². The van der Waals surface area contributed by atoms with Crippen LogP contribution < -0.4 is 0 Å². The van der Waals surface area contributed by atoms with Crippen molar-refractivity contribution in [3.63, 3.8) is 0 Å². The van der Waals surface area contributed by atoms with Gasteiger partial charge in [0.1, 0.15) is 0 Å². The Hall–Kier alpha value is -1.60. The Kier molecular flexibility index (Phi) is 5.79. The van der Waals surface area contributed by atoms with Crippen LogP contribution in [0.2, 0.25) is 0 Å². The molecule has 1 aromatic carbocycles. The van der Waals surface area contributed by atoms with Gasteiger partial charge in [0, 0.05) is 16.6 Å². The minimum absolute atomic E-state index is 0.150. The van der Waals surface area contributed by atoms with Crippen LogP contribution in [0, 0.1) is 13.8 Å². The monoisotopic (exact) mass is 322 g/mol. The Morgan fingerprint density at radius 1 is 1.27 bits per heavy atom. The average molecular weight is 322 g/mol. The highest BCUT2D eigenvalue weighted by atomic mass is 32.2. The lowest BCUT2D eigenvalue weighted by Gasteiger charge is -2.11. The minimum atomic E-state index is -1.05. The highest BCUT2D eigenvalue weighted by Crippen LogP contribution is 2.19. The molecule has 0 N–H and O–H groups in total. The van der Waals surface area contributed by atoms with E-state index in [0.717, 1.165) is 16.8 Å². The van der Waals surface area contributed by atoms with Crippen LogP contribution in [0.4, 0.5) is 0 Å². The van der Waals surface area contributed by atoms with Crippen LogP contribution in [0.3, 0.4) is 0 Å². The Morgan fingerprint density at radius 3 is 2.59 bits per heavy atom. The van der Waals surface area contributed by atoms with E-state index in [4.69, 9.17) is 4.74 Å². The minimum Gasteiger partial charge on any atom is -0.378 e. The molecular weight excluding hydrogens is 300 g/mol. The predicted octanol–water partition coefficient (Wildman–Crippen LogP) is 1.95. The van der Waals surface area contributed by atoms with E-state index in [9.17, 15) is 4.21 Å². The topological polar surface area (TPSA) is 69.9 Å². The highest BCUT2D eigenvalue weighted by molar-refractivity contribution is 7.84. The molecule has 7 heteroatoms. The van der Waals surface area contributed by atoms with Gasteiger partial charge in [-0.05, 0) is 49.2 Å². The van der Waals surface area contributed by atoms with Gasteiger partial charge in [0.25, 0.3) is 0 Å². The van der Waals surface area contributed by atoms with Gasteiger partial charge in [0.05, 0.1) is 24.2 Å². The van der Waals surface area contributed by atoms with Crippen molar-refractivity contribution in [3.05, 3.63) is 35.2 Å². The summed E-state index contributed by atoms with van der Waals surface area (Å²) in [5.74, 6) is 1.42. The fourth-order valence-corrected chi connectivity index (χ4v) is 3.10. The maximum atomic E-state index is 12.2. The van der Waals surface area contributed by atoms with Crippen LogP contribution in [0.25, 0.3) is 5.69 Å². The van der Waals surface area contributed by atoms with Gasteiger partial charge in [0.2, 0.25) is 0 Å². The van der Waals surface area contributed by atoms with Crippen molar-refractivity contribution in [2.45, 2.75) is 39.6 Å². The maximum Gasteiger partial charge on any atom is 0.169 e. The molecule has 0 aliphatic carbocycles. The average Bonchev–Trinajstić information content (AvgIpc) is 2.86. The van der Waals surface area contributed by atoms with Crippen molar-refractivity contribution in [2.24, 2.45) is 0 Å². The molecule has 2 rings (SSSR count). The number of aromatic nitrogens is 4. The maximum absolute atomic E-state index is 12.2. The van der Waals surface area contributed by atoms with E-state index in [2.05, 4.69) is 15.5 Å². The zero-order valence-corrected chi connectivity index (χ0v) is 14.3. The molecule has 1 unspecified atom stereocenters. The van der Waals surface area contributed by atoms with Gasteiger partial charge in [-0.15, -0.1) is 5.10 Å². The van der Waals surface area contributed by atoms with E-state index in [1.165, 1.54) is 0 Å². The molecule has 0 bridgehead atoms. The number of hydrogen-bond donors (Lipinski definition) is 0. The van der Waals surface area contributed by atoms with Crippen LogP contribution in [0.15, 0.2) is 18.2 Å². The number of aryl methyl sites for hydroxylation is 2. The number of nitrogens with zero attached hydrogens (tertiary/aromatic N) is 4. The first-order chi connectivity index (χ1) is 10.5. The van der Waals surface area contributed by atoms with E-state index in [-0.39, 0.29) is 6.10 Å². The van der Waals surface area contributed by atoms with Crippen LogP contribution in [0.1, 0.15) is 30.8 Å². The summed E-state index contributed by atoms with van der Waals surface area (Å²) < 4.78 is 19.3. The van der Waals surface area contributed by atoms with E-state index < -0.39 is 10.8 Å². The number of rotatable bonds is 7. The normalized spacial score (nSPS) is 12.8. The third-order valence-corrected chi connectivity index (χ3v) is 4.44.